The summed E-state index contributed by atoms with van der Waals surface area (Å²) in [6, 6.07) is 5.31. The highest BCUT2D eigenvalue weighted by Gasteiger charge is 2.08. The van der Waals surface area contributed by atoms with Gasteiger partial charge in [0.1, 0.15) is 0 Å². The topological polar surface area (TPSA) is 44.8 Å². The predicted octanol–water partition coefficient (Wildman–Crippen LogP) is 3.18. The first kappa shape index (κ1) is 16.1. The second-order valence-corrected chi connectivity index (χ2v) is 4.82. The molecule has 0 aliphatic rings. The van der Waals surface area contributed by atoms with Crippen molar-refractivity contribution in [3.8, 4) is 0 Å². The van der Waals surface area contributed by atoms with Gasteiger partial charge in [-0.05, 0) is 24.1 Å². The average molecular weight is 331 g/mol. The number of carbonyl (C=O) groups is 1. The zero-order chi connectivity index (χ0) is 14.1. The summed E-state index contributed by atoms with van der Waals surface area (Å²) in [5.41, 5.74) is 1.51. The van der Waals surface area contributed by atoms with Crippen LogP contribution in [0.25, 0.3) is 0 Å². The van der Waals surface area contributed by atoms with Gasteiger partial charge in [-0.3, -0.25) is 0 Å². The summed E-state index contributed by atoms with van der Waals surface area (Å²) in [7, 11) is 1.36. The van der Waals surface area contributed by atoms with E-state index in [1.165, 1.54) is 7.11 Å². The zero-order valence-electron chi connectivity index (χ0n) is 11.3. The van der Waals surface area contributed by atoms with Crippen LogP contribution in [-0.2, 0) is 20.8 Å². The number of methoxy groups -OCH3 is 1. The monoisotopic (exact) mass is 330 g/mol. The molecule has 0 aliphatic heterocycles. The average Bonchev–Trinajstić information content (AvgIpc) is 2.43. The van der Waals surface area contributed by atoms with E-state index >= 15 is 0 Å². The summed E-state index contributed by atoms with van der Waals surface area (Å²) in [4.78, 5) is 11.3. The first-order valence-corrected chi connectivity index (χ1v) is 7.00. The molecule has 1 aromatic rings. The molecule has 0 spiro atoms. The minimum Gasteiger partial charge on any atom is -0.465 e. The molecule has 0 aliphatic carbocycles. The van der Waals surface area contributed by atoms with Crippen molar-refractivity contribution in [2.45, 2.75) is 20.0 Å². The van der Waals surface area contributed by atoms with Gasteiger partial charge >= 0.3 is 5.97 Å². The number of hydrogen-bond acceptors (Lipinski definition) is 4. The summed E-state index contributed by atoms with van der Waals surface area (Å²) < 4.78 is 16.3. The van der Waals surface area contributed by atoms with E-state index in [0.29, 0.717) is 25.4 Å². The number of rotatable bonds is 8. The third-order valence-electron chi connectivity index (χ3n) is 2.45. The molecule has 19 heavy (non-hydrogen) atoms. The lowest BCUT2D eigenvalue weighted by atomic mass is 10.1. The quantitative estimate of drug-likeness (QED) is 0.542. The van der Waals surface area contributed by atoms with E-state index in [9.17, 15) is 4.79 Å². The first-order chi connectivity index (χ1) is 9.19. The van der Waals surface area contributed by atoms with Gasteiger partial charge in [-0.2, -0.15) is 0 Å². The largest absolute Gasteiger partial charge is 0.465 e. The molecule has 0 N–H and O–H groups in total. The lowest BCUT2D eigenvalue weighted by Crippen LogP contribution is -2.06. The van der Waals surface area contributed by atoms with Gasteiger partial charge < -0.3 is 14.2 Å². The Morgan fingerprint density at radius 2 is 1.95 bits per heavy atom. The molecule has 0 aromatic heterocycles. The van der Waals surface area contributed by atoms with Crippen LogP contribution in [0, 0.1) is 0 Å². The summed E-state index contributed by atoms with van der Waals surface area (Å²) in [6.07, 6.45) is 1.01. The molecular weight excluding hydrogens is 312 g/mol. The Labute approximate surface area is 122 Å². The summed E-state index contributed by atoms with van der Waals surface area (Å²) in [5, 5.41) is 0. The molecule has 0 heterocycles. The SMILES string of the molecule is CCCOCCOCc1ccc(C(=O)OC)cc1Br. The number of benzene rings is 1. The maximum Gasteiger partial charge on any atom is 0.337 e. The molecule has 5 heteroatoms. The van der Waals surface area contributed by atoms with E-state index in [4.69, 9.17) is 9.47 Å². The van der Waals surface area contributed by atoms with Crippen molar-refractivity contribution in [3.63, 3.8) is 0 Å². The maximum absolute atomic E-state index is 11.3. The Kier molecular flexibility index (Phi) is 7.70. The molecule has 0 amide bonds. The van der Waals surface area contributed by atoms with Gasteiger partial charge in [-0.15, -0.1) is 0 Å². The van der Waals surface area contributed by atoms with Crippen molar-refractivity contribution in [2.75, 3.05) is 26.9 Å². The van der Waals surface area contributed by atoms with Crippen LogP contribution >= 0.6 is 15.9 Å². The van der Waals surface area contributed by atoms with E-state index < -0.39 is 0 Å². The van der Waals surface area contributed by atoms with Crippen LogP contribution in [0.1, 0.15) is 29.3 Å². The summed E-state index contributed by atoms with van der Waals surface area (Å²) in [5.74, 6) is -0.346. The number of halogens is 1. The standard InChI is InChI=1S/C14H19BrO4/c1-3-6-18-7-8-19-10-12-5-4-11(9-13(12)15)14(16)17-2/h4-5,9H,3,6-8,10H2,1-2H3. The fraction of sp³-hybridized carbons (Fsp3) is 0.500. The Hall–Kier alpha value is -0.910. The summed E-state index contributed by atoms with van der Waals surface area (Å²) >= 11 is 3.42. The van der Waals surface area contributed by atoms with Gasteiger partial charge in [0.15, 0.2) is 0 Å². The highest BCUT2D eigenvalue weighted by atomic mass is 79.9. The minimum absolute atomic E-state index is 0.346. The highest BCUT2D eigenvalue weighted by Crippen LogP contribution is 2.20. The number of carbonyl (C=O) groups excluding carboxylic acids is 1. The van der Waals surface area contributed by atoms with Crippen molar-refractivity contribution >= 4 is 21.9 Å². The van der Waals surface area contributed by atoms with E-state index in [2.05, 4.69) is 27.6 Å². The van der Waals surface area contributed by atoms with Crippen molar-refractivity contribution in [1.82, 2.24) is 0 Å². The normalized spacial score (nSPS) is 10.5. The van der Waals surface area contributed by atoms with Gasteiger partial charge in [-0.1, -0.05) is 28.9 Å². The third-order valence-corrected chi connectivity index (χ3v) is 3.19. The van der Waals surface area contributed by atoms with Crippen LogP contribution in [0.3, 0.4) is 0 Å². The van der Waals surface area contributed by atoms with E-state index in [0.717, 1.165) is 23.1 Å². The highest BCUT2D eigenvalue weighted by molar-refractivity contribution is 9.10. The van der Waals surface area contributed by atoms with Crippen molar-refractivity contribution in [3.05, 3.63) is 33.8 Å². The van der Waals surface area contributed by atoms with Crippen LogP contribution in [0.4, 0.5) is 0 Å². The molecule has 106 valence electrons. The van der Waals surface area contributed by atoms with Crippen LogP contribution in [0.15, 0.2) is 22.7 Å². The van der Waals surface area contributed by atoms with Crippen molar-refractivity contribution in [2.24, 2.45) is 0 Å². The van der Waals surface area contributed by atoms with Crippen molar-refractivity contribution in [1.29, 1.82) is 0 Å². The summed E-state index contributed by atoms with van der Waals surface area (Å²) in [6.45, 7) is 4.48. The molecule has 1 aromatic carbocycles. The number of esters is 1. The molecule has 0 saturated carbocycles. The smallest absolute Gasteiger partial charge is 0.337 e. The third kappa shape index (κ3) is 5.72. The Balaban J connectivity index is 2.40. The molecule has 1 rings (SSSR count). The van der Waals surface area contributed by atoms with Crippen LogP contribution in [0.2, 0.25) is 0 Å². The number of hydrogen-bond donors (Lipinski definition) is 0. The van der Waals surface area contributed by atoms with Gasteiger partial charge in [0.2, 0.25) is 0 Å². The molecule has 0 radical (unpaired) electrons. The van der Waals surface area contributed by atoms with E-state index in [1.807, 2.05) is 6.07 Å². The molecule has 0 atom stereocenters. The molecule has 0 bridgehead atoms. The van der Waals surface area contributed by atoms with Gasteiger partial charge in [0.25, 0.3) is 0 Å². The molecule has 0 saturated heterocycles. The second kappa shape index (κ2) is 9.07. The van der Waals surface area contributed by atoms with Crippen LogP contribution in [0.5, 0.6) is 0 Å². The van der Waals surface area contributed by atoms with E-state index in [1.54, 1.807) is 12.1 Å². The minimum atomic E-state index is -0.346. The van der Waals surface area contributed by atoms with Crippen molar-refractivity contribution < 1.29 is 19.0 Å². The fourth-order valence-corrected chi connectivity index (χ4v) is 1.95. The molecular formula is C14H19BrO4. The molecule has 0 unspecified atom stereocenters. The number of ether oxygens (including phenoxy) is 3. The van der Waals surface area contributed by atoms with Crippen LogP contribution < -0.4 is 0 Å². The fourth-order valence-electron chi connectivity index (χ4n) is 1.46. The Morgan fingerprint density at radius 1 is 1.21 bits per heavy atom. The maximum atomic E-state index is 11.3. The van der Waals surface area contributed by atoms with Gasteiger partial charge in [0, 0.05) is 11.1 Å². The second-order valence-electron chi connectivity index (χ2n) is 3.96. The van der Waals surface area contributed by atoms with Crippen LogP contribution in [-0.4, -0.2) is 32.9 Å². The lowest BCUT2D eigenvalue weighted by molar-refractivity contribution is 0.0406. The van der Waals surface area contributed by atoms with Gasteiger partial charge in [0.05, 0.1) is 32.5 Å². The zero-order valence-corrected chi connectivity index (χ0v) is 12.9. The van der Waals surface area contributed by atoms with E-state index in [-0.39, 0.29) is 5.97 Å². The Morgan fingerprint density at radius 3 is 2.58 bits per heavy atom. The first-order valence-electron chi connectivity index (χ1n) is 6.21. The van der Waals surface area contributed by atoms with Gasteiger partial charge in [-0.25, -0.2) is 4.79 Å². The Bertz CT molecular complexity index is 406. The lowest BCUT2D eigenvalue weighted by Gasteiger charge is -2.08. The molecule has 0 fully saturated rings. The molecule has 4 nitrogen and oxygen atoms in total. The predicted molar refractivity (Wildman–Crippen MR) is 76.2 cm³/mol.